The van der Waals surface area contributed by atoms with E-state index in [1.807, 2.05) is 19.1 Å². The van der Waals surface area contributed by atoms with E-state index in [1.165, 1.54) is 4.90 Å². The van der Waals surface area contributed by atoms with E-state index in [1.54, 1.807) is 6.20 Å². The Morgan fingerprint density at radius 2 is 2.37 bits per heavy atom. The number of rotatable bonds is 3. The number of carbonyl (C=O) groups is 2. The molecule has 2 N–H and O–H groups in total. The van der Waals surface area contributed by atoms with Gasteiger partial charge in [-0.2, -0.15) is 0 Å². The SMILES string of the molecule is Cc1cccnc1CC(=O)N1CCNCC1C(=O)O. The van der Waals surface area contributed by atoms with Crippen LogP contribution in [0.25, 0.3) is 0 Å². The fourth-order valence-corrected chi connectivity index (χ4v) is 2.17. The molecule has 1 unspecified atom stereocenters. The fourth-order valence-electron chi connectivity index (χ4n) is 2.17. The highest BCUT2D eigenvalue weighted by Gasteiger charge is 2.31. The van der Waals surface area contributed by atoms with Gasteiger partial charge in [0.1, 0.15) is 6.04 Å². The number of carboxylic acids is 1. The van der Waals surface area contributed by atoms with E-state index in [0.717, 1.165) is 5.56 Å². The van der Waals surface area contributed by atoms with Crippen molar-refractivity contribution in [1.29, 1.82) is 0 Å². The number of piperazine rings is 1. The minimum Gasteiger partial charge on any atom is -0.480 e. The lowest BCUT2D eigenvalue weighted by Gasteiger charge is -2.33. The molecular formula is C13H17N3O3. The normalized spacial score (nSPS) is 19.2. The molecule has 6 heteroatoms. The minimum atomic E-state index is -0.974. The van der Waals surface area contributed by atoms with Crippen molar-refractivity contribution in [2.45, 2.75) is 19.4 Å². The monoisotopic (exact) mass is 263 g/mol. The number of nitrogens with zero attached hydrogens (tertiary/aromatic N) is 2. The molecule has 1 saturated heterocycles. The number of nitrogens with one attached hydrogen (secondary N) is 1. The molecular weight excluding hydrogens is 246 g/mol. The first kappa shape index (κ1) is 13.5. The first-order chi connectivity index (χ1) is 9.09. The smallest absolute Gasteiger partial charge is 0.327 e. The van der Waals surface area contributed by atoms with Crippen LogP contribution >= 0.6 is 0 Å². The lowest BCUT2D eigenvalue weighted by atomic mass is 10.1. The Labute approximate surface area is 111 Å². The van der Waals surface area contributed by atoms with E-state index in [9.17, 15) is 9.59 Å². The zero-order valence-corrected chi connectivity index (χ0v) is 10.8. The number of aliphatic carboxylic acids is 1. The second kappa shape index (κ2) is 5.79. The summed E-state index contributed by atoms with van der Waals surface area (Å²) in [6.45, 7) is 3.22. The number of aryl methyl sites for hydroxylation is 1. The van der Waals surface area contributed by atoms with Crippen molar-refractivity contribution in [1.82, 2.24) is 15.2 Å². The van der Waals surface area contributed by atoms with Crippen LogP contribution in [0.15, 0.2) is 18.3 Å². The molecule has 6 nitrogen and oxygen atoms in total. The average Bonchev–Trinajstić information content (AvgIpc) is 2.41. The van der Waals surface area contributed by atoms with Crippen LogP contribution < -0.4 is 5.32 Å². The summed E-state index contributed by atoms with van der Waals surface area (Å²) in [6, 6.07) is 2.92. The number of hydrogen-bond acceptors (Lipinski definition) is 4. The van der Waals surface area contributed by atoms with Gasteiger partial charge in [-0.15, -0.1) is 0 Å². The van der Waals surface area contributed by atoms with E-state index < -0.39 is 12.0 Å². The largest absolute Gasteiger partial charge is 0.480 e. The summed E-state index contributed by atoms with van der Waals surface area (Å²) >= 11 is 0. The number of carbonyl (C=O) groups excluding carboxylic acids is 1. The molecule has 1 amide bonds. The summed E-state index contributed by atoms with van der Waals surface area (Å²) in [6.07, 6.45) is 1.79. The van der Waals surface area contributed by atoms with E-state index >= 15 is 0 Å². The number of hydrogen-bond donors (Lipinski definition) is 2. The van der Waals surface area contributed by atoms with Gasteiger partial charge < -0.3 is 15.3 Å². The van der Waals surface area contributed by atoms with Gasteiger partial charge in [-0.1, -0.05) is 6.07 Å². The molecule has 1 aromatic heterocycles. The van der Waals surface area contributed by atoms with Crippen LogP contribution in [0.4, 0.5) is 0 Å². The molecule has 2 heterocycles. The quantitative estimate of drug-likeness (QED) is 0.790. The molecule has 0 spiro atoms. The molecule has 1 aromatic rings. The third-order valence-corrected chi connectivity index (χ3v) is 3.29. The third kappa shape index (κ3) is 3.08. The minimum absolute atomic E-state index is 0.149. The molecule has 0 radical (unpaired) electrons. The molecule has 0 aromatic carbocycles. The van der Waals surface area contributed by atoms with Crippen LogP contribution in [0.5, 0.6) is 0 Å². The van der Waals surface area contributed by atoms with Crippen molar-refractivity contribution in [2.75, 3.05) is 19.6 Å². The lowest BCUT2D eigenvalue weighted by molar-refractivity contribution is -0.151. The maximum Gasteiger partial charge on any atom is 0.327 e. The average molecular weight is 263 g/mol. The van der Waals surface area contributed by atoms with Crippen LogP contribution in [0, 0.1) is 6.92 Å². The Bertz CT molecular complexity index is 490. The van der Waals surface area contributed by atoms with Gasteiger partial charge in [0, 0.05) is 25.8 Å². The van der Waals surface area contributed by atoms with Crippen LogP contribution in [0.2, 0.25) is 0 Å². The van der Waals surface area contributed by atoms with Gasteiger partial charge >= 0.3 is 5.97 Å². The van der Waals surface area contributed by atoms with Gasteiger partial charge in [0.15, 0.2) is 0 Å². The van der Waals surface area contributed by atoms with Crippen molar-refractivity contribution in [3.8, 4) is 0 Å². The van der Waals surface area contributed by atoms with E-state index in [0.29, 0.717) is 25.3 Å². The maximum atomic E-state index is 12.2. The first-order valence-electron chi connectivity index (χ1n) is 6.23. The van der Waals surface area contributed by atoms with Crippen molar-refractivity contribution in [2.24, 2.45) is 0 Å². The summed E-state index contributed by atoms with van der Waals surface area (Å²) in [4.78, 5) is 29.0. The van der Waals surface area contributed by atoms with Crippen molar-refractivity contribution in [3.63, 3.8) is 0 Å². The Morgan fingerprint density at radius 3 is 3.05 bits per heavy atom. The van der Waals surface area contributed by atoms with E-state index in [4.69, 9.17) is 5.11 Å². The first-order valence-corrected chi connectivity index (χ1v) is 6.23. The Kier molecular flexibility index (Phi) is 4.11. The van der Waals surface area contributed by atoms with Crippen molar-refractivity contribution in [3.05, 3.63) is 29.6 Å². The van der Waals surface area contributed by atoms with Crippen LogP contribution in [-0.4, -0.2) is 52.5 Å². The topological polar surface area (TPSA) is 82.5 Å². The third-order valence-electron chi connectivity index (χ3n) is 3.29. The number of aromatic nitrogens is 1. The van der Waals surface area contributed by atoms with Gasteiger partial charge in [-0.25, -0.2) is 4.79 Å². The van der Waals surface area contributed by atoms with Crippen LogP contribution in [0.1, 0.15) is 11.3 Å². The second-order valence-corrected chi connectivity index (χ2v) is 4.59. The molecule has 0 bridgehead atoms. The molecule has 1 aliphatic heterocycles. The maximum absolute atomic E-state index is 12.2. The van der Waals surface area contributed by atoms with E-state index in [-0.39, 0.29) is 12.3 Å². The highest BCUT2D eigenvalue weighted by molar-refractivity contribution is 5.85. The predicted octanol–water partition coefficient (Wildman–Crippen LogP) is -0.182. The van der Waals surface area contributed by atoms with Gasteiger partial charge in [-0.3, -0.25) is 9.78 Å². The second-order valence-electron chi connectivity index (χ2n) is 4.59. The highest BCUT2D eigenvalue weighted by atomic mass is 16.4. The number of amides is 1. The molecule has 2 rings (SSSR count). The molecule has 1 fully saturated rings. The van der Waals surface area contributed by atoms with Crippen LogP contribution in [-0.2, 0) is 16.0 Å². The zero-order valence-electron chi connectivity index (χ0n) is 10.8. The molecule has 1 atom stereocenters. The van der Waals surface area contributed by atoms with Crippen molar-refractivity contribution < 1.29 is 14.7 Å². The summed E-state index contributed by atoms with van der Waals surface area (Å²) < 4.78 is 0. The summed E-state index contributed by atoms with van der Waals surface area (Å²) in [5.74, 6) is -1.16. The van der Waals surface area contributed by atoms with Gasteiger partial charge in [-0.05, 0) is 18.6 Å². The fraction of sp³-hybridized carbons (Fsp3) is 0.462. The van der Waals surface area contributed by atoms with Crippen LogP contribution in [0.3, 0.4) is 0 Å². The predicted molar refractivity (Wildman–Crippen MR) is 68.7 cm³/mol. The Balaban J connectivity index is 2.10. The van der Waals surface area contributed by atoms with E-state index in [2.05, 4.69) is 10.3 Å². The zero-order chi connectivity index (χ0) is 13.8. The molecule has 102 valence electrons. The Hall–Kier alpha value is -1.95. The molecule has 0 saturated carbocycles. The number of carboxylic acid groups (broad SMARTS) is 1. The van der Waals surface area contributed by atoms with Gasteiger partial charge in [0.25, 0.3) is 0 Å². The Morgan fingerprint density at radius 1 is 1.58 bits per heavy atom. The summed E-state index contributed by atoms with van der Waals surface area (Å²) in [5.41, 5.74) is 1.65. The lowest BCUT2D eigenvalue weighted by Crippen LogP contribution is -2.57. The van der Waals surface area contributed by atoms with Gasteiger partial charge in [0.05, 0.1) is 12.1 Å². The molecule has 1 aliphatic rings. The standard InChI is InChI=1S/C13H17N3O3/c1-9-3-2-4-15-10(9)7-12(17)16-6-5-14-8-11(16)13(18)19/h2-4,11,14H,5-8H2,1H3,(H,18,19). The summed E-state index contributed by atoms with van der Waals surface area (Å²) in [7, 11) is 0. The molecule has 0 aliphatic carbocycles. The van der Waals surface area contributed by atoms with Crippen molar-refractivity contribution >= 4 is 11.9 Å². The van der Waals surface area contributed by atoms with Gasteiger partial charge in [0.2, 0.25) is 5.91 Å². The highest BCUT2D eigenvalue weighted by Crippen LogP contribution is 2.10. The number of pyridine rings is 1. The molecule has 19 heavy (non-hydrogen) atoms. The summed E-state index contributed by atoms with van der Waals surface area (Å²) in [5, 5.41) is 12.1.